The first-order valence-corrected chi connectivity index (χ1v) is 8.14. The van der Waals surface area contributed by atoms with Crippen LogP contribution in [-0.2, 0) is 19.2 Å². The molecule has 0 aliphatic carbocycles. The number of amides is 3. The van der Waals surface area contributed by atoms with E-state index in [4.69, 9.17) is 10.8 Å². The Balaban J connectivity index is 4.82. The number of thiol groups is 1. The number of carbonyl (C=O) groups excluding carboxylic acids is 3. The number of nitrogens with two attached hydrogens (primary N) is 1. The second kappa shape index (κ2) is 10.1. The Hall–Kier alpha value is -1.81. The predicted octanol–water partition coefficient (Wildman–Crippen LogP) is -1.52. The van der Waals surface area contributed by atoms with Crippen LogP contribution in [0.3, 0.4) is 0 Å². The molecule has 3 amide bonds. The fourth-order valence-corrected chi connectivity index (χ4v) is 1.92. The van der Waals surface area contributed by atoms with E-state index in [0.717, 1.165) is 0 Å². The summed E-state index contributed by atoms with van der Waals surface area (Å²) in [5, 5.41) is 16.1. The van der Waals surface area contributed by atoms with Crippen molar-refractivity contribution in [3.05, 3.63) is 0 Å². The third-order valence-corrected chi connectivity index (χ3v) is 3.57. The molecule has 10 heteroatoms. The highest BCUT2D eigenvalue weighted by atomic mass is 32.1. The molecule has 0 spiro atoms. The van der Waals surface area contributed by atoms with Crippen molar-refractivity contribution in [3.8, 4) is 0 Å². The highest BCUT2D eigenvalue weighted by molar-refractivity contribution is 7.80. The van der Waals surface area contributed by atoms with Crippen molar-refractivity contribution < 1.29 is 24.3 Å². The van der Waals surface area contributed by atoms with Gasteiger partial charge in [0.05, 0.1) is 6.04 Å². The largest absolute Gasteiger partial charge is 0.480 e. The van der Waals surface area contributed by atoms with Crippen molar-refractivity contribution in [2.75, 3.05) is 5.75 Å². The number of hydrogen-bond donors (Lipinski definition) is 6. The van der Waals surface area contributed by atoms with E-state index in [2.05, 4.69) is 28.6 Å². The smallest absolute Gasteiger partial charge is 0.327 e. The molecule has 0 rings (SSSR count). The molecular weight excluding hydrogens is 336 g/mol. The molecule has 9 nitrogen and oxygen atoms in total. The first kappa shape index (κ1) is 22.2. The monoisotopic (exact) mass is 362 g/mol. The molecule has 4 atom stereocenters. The Morgan fingerprint density at radius 2 is 1.50 bits per heavy atom. The zero-order chi connectivity index (χ0) is 19.0. The van der Waals surface area contributed by atoms with Crippen molar-refractivity contribution in [2.24, 2.45) is 11.7 Å². The van der Waals surface area contributed by atoms with Crippen LogP contribution in [0.5, 0.6) is 0 Å². The normalized spacial score (nSPS) is 15.8. The van der Waals surface area contributed by atoms with Crippen LogP contribution < -0.4 is 21.7 Å². The molecule has 0 aromatic rings. The van der Waals surface area contributed by atoms with E-state index < -0.39 is 47.9 Å². The maximum atomic E-state index is 12.3. The second-order valence-electron chi connectivity index (χ2n) is 5.83. The Labute approximate surface area is 146 Å². The summed E-state index contributed by atoms with van der Waals surface area (Å²) in [5.41, 5.74) is 5.46. The topological polar surface area (TPSA) is 151 Å². The predicted molar refractivity (Wildman–Crippen MR) is 91.4 cm³/mol. The summed E-state index contributed by atoms with van der Waals surface area (Å²) in [7, 11) is 0. The molecule has 0 heterocycles. The summed E-state index contributed by atoms with van der Waals surface area (Å²) >= 11 is 3.84. The van der Waals surface area contributed by atoms with Gasteiger partial charge < -0.3 is 26.8 Å². The lowest BCUT2D eigenvalue weighted by atomic mass is 10.0. The first-order valence-electron chi connectivity index (χ1n) is 7.51. The summed E-state index contributed by atoms with van der Waals surface area (Å²) in [6, 6.07) is -3.77. The van der Waals surface area contributed by atoms with Crippen LogP contribution in [0.2, 0.25) is 0 Å². The van der Waals surface area contributed by atoms with E-state index in [1.807, 2.05) is 0 Å². The number of hydrogen-bond acceptors (Lipinski definition) is 6. The van der Waals surface area contributed by atoms with Crippen LogP contribution in [0.25, 0.3) is 0 Å². The minimum atomic E-state index is -1.22. The Morgan fingerprint density at radius 1 is 0.958 bits per heavy atom. The Bertz CT molecular complexity index is 484. The van der Waals surface area contributed by atoms with Gasteiger partial charge >= 0.3 is 5.97 Å². The number of aliphatic carboxylic acids is 1. The quantitative estimate of drug-likeness (QED) is 0.274. The number of rotatable bonds is 9. The van der Waals surface area contributed by atoms with Gasteiger partial charge in [0.2, 0.25) is 17.7 Å². The van der Waals surface area contributed by atoms with E-state index in [0.29, 0.717) is 0 Å². The van der Waals surface area contributed by atoms with Crippen LogP contribution in [-0.4, -0.2) is 58.7 Å². The molecule has 0 saturated heterocycles. The van der Waals surface area contributed by atoms with Crippen molar-refractivity contribution in [3.63, 3.8) is 0 Å². The number of carboxylic acids is 1. The molecule has 0 radical (unpaired) electrons. The molecule has 138 valence electrons. The van der Waals surface area contributed by atoms with E-state index in [9.17, 15) is 19.2 Å². The molecule has 0 bridgehead atoms. The van der Waals surface area contributed by atoms with Gasteiger partial charge in [-0.05, 0) is 19.8 Å². The second-order valence-corrected chi connectivity index (χ2v) is 6.20. The van der Waals surface area contributed by atoms with Gasteiger partial charge in [-0.3, -0.25) is 14.4 Å². The fraction of sp³-hybridized carbons (Fsp3) is 0.714. The van der Waals surface area contributed by atoms with Crippen molar-refractivity contribution >= 4 is 36.3 Å². The average Bonchev–Trinajstić information content (AvgIpc) is 2.48. The first-order chi connectivity index (χ1) is 11.0. The van der Waals surface area contributed by atoms with Gasteiger partial charge in [0.25, 0.3) is 0 Å². The zero-order valence-corrected chi connectivity index (χ0v) is 15.1. The van der Waals surface area contributed by atoms with Crippen LogP contribution in [0.15, 0.2) is 0 Å². The van der Waals surface area contributed by atoms with Crippen LogP contribution in [0.1, 0.15) is 27.7 Å². The van der Waals surface area contributed by atoms with Crippen molar-refractivity contribution in [2.45, 2.75) is 51.9 Å². The highest BCUT2D eigenvalue weighted by Gasteiger charge is 2.28. The lowest BCUT2D eigenvalue weighted by molar-refractivity contribution is -0.141. The van der Waals surface area contributed by atoms with E-state index in [1.54, 1.807) is 13.8 Å². The van der Waals surface area contributed by atoms with Gasteiger partial charge in [0.15, 0.2) is 0 Å². The molecule has 6 N–H and O–H groups in total. The number of carbonyl (C=O) groups is 4. The summed E-state index contributed by atoms with van der Waals surface area (Å²) in [5.74, 6) is -3.23. The molecule has 0 aliphatic rings. The molecule has 4 unspecified atom stereocenters. The molecule has 0 aromatic carbocycles. The van der Waals surface area contributed by atoms with Crippen LogP contribution >= 0.6 is 12.6 Å². The number of nitrogens with one attached hydrogen (secondary N) is 3. The van der Waals surface area contributed by atoms with Gasteiger partial charge in [-0.2, -0.15) is 12.6 Å². The van der Waals surface area contributed by atoms with Gasteiger partial charge in [-0.15, -0.1) is 0 Å². The van der Waals surface area contributed by atoms with Gasteiger partial charge in [0.1, 0.15) is 18.1 Å². The SMILES string of the molecule is CC(N)C(=O)NC(C(=O)NC(C)C(=O)NC(CS)C(=O)O)C(C)C. The Morgan fingerprint density at radius 3 is 1.88 bits per heavy atom. The zero-order valence-electron chi connectivity index (χ0n) is 14.2. The van der Waals surface area contributed by atoms with Crippen molar-refractivity contribution in [1.82, 2.24) is 16.0 Å². The van der Waals surface area contributed by atoms with Gasteiger partial charge in [0, 0.05) is 5.75 Å². The average molecular weight is 362 g/mol. The van der Waals surface area contributed by atoms with E-state index in [1.165, 1.54) is 13.8 Å². The molecule has 0 aromatic heterocycles. The molecular formula is C14H26N4O5S. The lowest BCUT2D eigenvalue weighted by Crippen LogP contribution is -2.57. The molecule has 0 saturated carbocycles. The summed E-state index contributed by atoms with van der Waals surface area (Å²) in [6.07, 6.45) is 0. The molecule has 24 heavy (non-hydrogen) atoms. The summed E-state index contributed by atoms with van der Waals surface area (Å²) in [4.78, 5) is 46.8. The number of carboxylic acid groups (broad SMARTS) is 1. The van der Waals surface area contributed by atoms with E-state index >= 15 is 0 Å². The van der Waals surface area contributed by atoms with Crippen LogP contribution in [0, 0.1) is 5.92 Å². The maximum Gasteiger partial charge on any atom is 0.327 e. The maximum absolute atomic E-state index is 12.3. The van der Waals surface area contributed by atoms with Gasteiger partial charge in [-0.25, -0.2) is 4.79 Å². The van der Waals surface area contributed by atoms with Gasteiger partial charge in [-0.1, -0.05) is 13.8 Å². The lowest BCUT2D eigenvalue weighted by Gasteiger charge is -2.25. The summed E-state index contributed by atoms with van der Waals surface area (Å²) in [6.45, 7) is 6.37. The molecule has 0 aliphatic heterocycles. The standard InChI is InChI=1S/C14H26N4O5S/c1-6(2)10(18-11(19)7(3)15)13(21)16-8(4)12(20)17-9(5-24)14(22)23/h6-10,24H,5,15H2,1-4H3,(H,16,21)(H,17,20)(H,18,19)(H,22,23). The minimum Gasteiger partial charge on any atom is -0.480 e. The Kier molecular flexibility index (Phi) is 9.37. The third kappa shape index (κ3) is 7.18. The van der Waals surface area contributed by atoms with Crippen molar-refractivity contribution in [1.29, 1.82) is 0 Å². The van der Waals surface area contributed by atoms with E-state index in [-0.39, 0.29) is 11.7 Å². The van der Waals surface area contributed by atoms with Crippen LogP contribution in [0.4, 0.5) is 0 Å². The summed E-state index contributed by atoms with van der Waals surface area (Å²) < 4.78 is 0. The third-order valence-electron chi connectivity index (χ3n) is 3.21. The minimum absolute atomic E-state index is 0.0825. The fourth-order valence-electron chi connectivity index (χ4n) is 1.67. The highest BCUT2D eigenvalue weighted by Crippen LogP contribution is 2.03. The molecule has 0 fully saturated rings.